The predicted octanol–water partition coefficient (Wildman–Crippen LogP) is 3.70. The third kappa shape index (κ3) is 2.06. The maximum absolute atomic E-state index is 3.46. The number of hydrogen-bond acceptors (Lipinski definition) is 1. The molecule has 1 N–H and O–H groups in total. The third-order valence-corrected chi connectivity index (χ3v) is 3.14. The summed E-state index contributed by atoms with van der Waals surface area (Å²) in [5.74, 6) is 0. The molecule has 2 aromatic rings. The summed E-state index contributed by atoms with van der Waals surface area (Å²) < 4.78 is 2.23. The van der Waals surface area contributed by atoms with E-state index in [0.717, 1.165) is 6.54 Å². The van der Waals surface area contributed by atoms with E-state index in [9.17, 15) is 0 Å². The molecule has 0 saturated carbocycles. The summed E-state index contributed by atoms with van der Waals surface area (Å²) >= 11 is 0. The molecule has 0 unspecified atom stereocenters. The van der Waals surface area contributed by atoms with Crippen molar-refractivity contribution in [3.63, 3.8) is 0 Å². The highest BCUT2D eigenvalue weighted by Gasteiger charge is 2.02. The van der Waals surface area contributed by atoms with Crippen molar-refractivity contribution in [1.29, 1.82) is 0 Å². The van der Waals surface area contributed by atoms with E-state index < -0.39 is 0 Å². The van der Waals surface area contributed by atoms with Crippen LogP contribution in [0.1, 0.15) is 25.5 Å². The van der Waals surface area contributed by atoms with Crippen LogP contribution in [-0.2, 0) is 7.05 Å². The van der Waals surface area contributed by atoms with Gasteiger partial charge in [-0.3, -0.25) is 0 Å². The summed E-state index contributed by atoms with van der Waals surface area (Å²) in [5, 5.41) is 4.78. The second kappa shape index (κ2) is 4.60. The highest BCUT2D eigenvalue weighted by atomic mass is 14.9. The molecule has 0 amide bonds. The van der Waals surface area contributed by atoms with Gasteiger partial charge in [-0.25, -0.2) is 0 Å². The molecule has 0 radical (unpaired) electrons. The minimum Gasteiger partial charge on any atom is -0.385 e. The first-order chi connectivity index (χ1) is 7.72. The Morgan fingerprint density at radius 3 is 2.81 bits per heavy atom. The summed E-state index contributed by atoms with van der Waals surface area (Å²) in [6.45, 7) is 5.42. The van der Waals surface area contributed by atoms with Crippen LogP contribution in [0.5, 0.6) is 0 Å². The normalized spacial score (nSPS) is 10.9. The molecule has 1 aromatic carbocycles. The van der Waals surface area contributed by atoms with E-state index in [1.54, 1.807) is 0 Å². The van der Waals surface area contributed by atoms with Crippen LogP contribution in [-0.4, -0.2) is 11.1 Å². The lowest BCUT2D eigenvalue weighted by Crippen LogP contribution is -2.00. The molecule has 2 heteroatoms. The number of benzene rings is 1. The number of rotatable bonds is 4. The summed E-state index contributed by atoms with van der Waals surface area (Å²) in [5.41, 5.74) is 3.84. The van der Waals surface area contributed by atoms with Crippen LogP contribution in [0.4, 0.5) is 5.69 Å². The fourth-order valence-corrected chi connectivity index (χ4v) is 2.01. The van der Waals surface area contributed by atoms with Crippen molar-refractivity contribution >= 4 is 16.6 Å². The van der Waals surface area contributed by atoms with Gasteiger partial charge < -0.3 is 9.88 Å². The largest absolute Gasteiger partial charge is 0.385 e. The van der Waals surface area contributed by atoms with Gasteiger partial charge in [0, 0.05) is 35.9 Å². The van der Waals surface area contributed by atoms with E-state index in [1.807, 2.05) is 0 Å². The zero-order valence-corrected chi connectivity index (χ0v) is 10.4. The van der Waals surface area contributed by atoms with Crippen molar-refractivity contribution < 1.29 is 0 Å². The molecule has 0 aliphatic rings. The Morgan fingerprint density at radius 1 is 1.25 bits per heavy atom. The van der Waals surface area contributed by atoms with Gasteiger partial charge >= 0.3 is 0 Å². The summed E-state index contributed by atoms with van der Waals surface area (Å²) in [6, 6.07) is 8.83. The van der Waals surface area contributed by atoms with Crippen LogP contribution in [0.2, 0.25) is 0 Å². The van der Waals surface area contributed by atoms with E-state index in [1.165, 1.54) is 35.1 Å². The van der Waals surface area contributed by atoms with E-state index >= 15 is 0 Å². The van der Waals surface area contributed by atoms with Gasteiger partial charge in [0.2, 0.25) is 0 Å². The Balaban J connectivity index is 2.23. The lowest BCUT2D eigenvalue weighted by Gasteiger charge is -2.05. The van der Waals surface area contributed by atoms with Gasteiger partial charge in [0.25, 0.3) is 0 Å². The van der Waals surface area contributed by atoms with Crippen LogP contribution in [0.3, 0.4) is 0 Å². The molecule has 0 spiro atoms. The van der Waals surface area contributed by atoms with Crippen LogP contribution in [0.25, 0.3) is 10.9 Å². The molecular weight excluding hydrogens is 196 g/mol. The van der Waals surface area contributed by atoms with Crippen molar-refractivity contribution in [3.8, 4) is 0 Å². The monoisotopic (exact) mass is 216 g/mol. The number of aryl methyl sites for hydroxylation is 2. The minimum absolute atomic E-state index is 1.06. The van der Waals surface area contributed by atoms with Crippen molar-refractivity contribution in [2.75, 3.05) is 11.9 Å². The topological polar surface area (TPSA) is 17.0 Å². The number of aromatic nitrogens is 1. The van der Waals surface area contributed by atoms with E-state index in [-0.39, 0.29) is 0 Å². The van der Waals surface area contributed by atoms with Gasteiger partial charge in [0.05, 0.1) is 0 Å². The third-order valence-electron chi connectivity index (χ3n) is 3.14. The van der Waals surface area contributed by atoms with Gasteiger partial charge in [-0.1, -0.05) is 13.3 Å². The number of hydrogen-bond donors (Lipinski definition) is 1. The number of anilines is 1. The van der Waals surface area contributed by atoms with E-state index in [0.29, 0.717) is 0 Å². The molecule has 0 saturated heterocycles. The Labute approximate surface area is 97.3 Å². The van der Waals surface area contributed by atoms with Gasteiger partial charge in [-0.2, -0.15) is 0 Å². The SMILES string of the molecule is CCCCNc1ccc2c(c1)cc(C)n2C. The second-order valence-corrected chi connectivity index (χ2v) is 4.40. The first kappa shape index (κ1) is 11.1. The average molecular weight is 216 g/mol. The maximum Gasteiger partial charge on any atom is 0.0481 e. The Kier molecular flexibility index (Phi) is 3.18. The summed E-state index contributed by atoms with van der Waals surface area (Å²) in [4.78, 5) is 0. The molecule has 1 aromatic heterocycles. The molecule has 2 rings (SSSR count). The number of unbranched alkanes of at least 4 members (excludes halogenated alkanes) is 1. The van der Waals surface area contributed by atoms with E-state index in [4.69, 9.17) is 0 Å². The van der Waals surface area contributed by atoms with Gasteiger partial charge in [0.1, 0.15) is 0 Å². The fourth-order valence-electron chi connectivity index (χ4n) is 2.01. The molecule has 0 fully saturated rings. The van der Waals surface area contributed by atoms with E-state index in [2.05, 4.69) is 55.0 Å². The molecule has 86 valence electrons. The second-order valence-electron chi connectivity index (χ2n) is 4.40. The van der Waals surface area contributed by atoms with Crippen molar-refractivity contribution in [1.82, 2.24) is 4.57 Å². The van der Waals surface area contributed by atoms with Gasteiger partial charge in [0.15, 0.2) is 0 Å². The average Bonchev–Trinajstić information content (AvgIpc) is 2.55. The van der Waals surface area contributed by atoms with Crippen LogP contribution >= 0.6 is 0 Å². The number of fused-ring (bicyclic) bond motifs is 1. The molecule has 0 aliphatic carbocycles. The van der Waals surface area contributed by atoms with Gasteiger partial charge in [-0.05, 0) is 37.6 Å². The molecule has 2 nitrogen and oxygen atoms in total. The molecular formula is C14H20N2. The summed E-state index contributed by atoms with van der Waals surface area (Å²) in [7, 11) is 2.11. The first-order valence-electron chi connectivity index (χ1n) is 6.02. The standard InChI is InChI=1S/C14H20N2/c1-4-5-8-15-13-6-7-14-12(10-13)9-11(2)16(14)3/h6-7,9-10,15H,4-5,8H2,1-3H3. The molecule has 1 heterocycles. The van der Waals surface area contributed by atoms with Crippen LogP contribution in [0, 0.1) is 6.92 Å². The maximum atomic E-state index is 3.46. The molecule has 16 heavy (non-hydrogen) atoms. The zero-order chi connectivity index (χ0) is 11.5. The lowest BCUT2D eigenvalue weighted by atomic mass is 10.2. The molecule has 0 aliphatic heterocycles. The van der Waals surface area contributed by atoms with Gasteiger partial charge in [-0.15, -0.1) is 0 Å². The highest BCUT2D eigenvalue weighted by molar-refractivity contribution is 5.84. The lowest BCUT2D eigenvalue weighted by molar-refractivity contribution is 0.834. The quantitative estimate of drug-likeness (QED) is 0.771. The Hall–Kier alpha value is -1.44. The van der Waals surface area contributed by atoms with Crippen molar-refractivity contribution in [2.24, 2.45) is 7.05 Å². The molecule has 0 atom stereocenters. The van der Waals surface area contributed by atoms with Crippen LogP contribution < -0.4 is 5.32 Å². The van der Waals surface area contributed by atoms with Crippen molar-refractivity contribution in [2.45, 2.75) is 26.7 Å². The highest BCUT2D eigenvalue weighted by Crippen LogP contribution is 2.22. The Morgan fingerprint density at radius 2 is 2.06 bits per heavy atom. The number of nitrogens with one attached hydrogen (secondary N) is 1. The smallest absolute Gasteiger partial charge is 0.0481 e. The van der Waals surface area contributed by atoms with Crippen LogP contribution in [0.15, 0.2) is 24.3 Å². The summed E-state index contributed by atoms with van der Waals surface area (Å²) in [6.07, 6.45) is 2.46. The molecule has 0 bridgehead atoms. The zero-order valence-electron chi connectivity index (χ0n) is 10.4. The number of nitrogens with zero attached hydrogens (tertiary/aromatic N) is 1. The minimum atomic E-state index is 1.06. The first-order valence-corrected chi connectivity index (χ1v) is 6.02. The van der Waals surface area contributed by atoms with Crippen molar-refractivity contribution in [3.05, 3.63) is 30.0 Å². The fraction of sp³-hybridized carbons (Fsp3) is 0.429. The predicted molar refractivity (Wildman–Crippen MR) is 71.1 cm³/mol. The Bertz CT molecular complexity index is 483.